The number of rotatable bonds is 8. The van der Waals surface area contributed by atoms with Crippen LogP contribution in [0.3, 0.4) is 0 Å². The molecular formula is C32H49INO5Si+. The van der Waals surface area contributed by atoms with Crippen molar-refractivity contribution in [3.05, 3.63) is 33.4 Å². The van der Waals surface area contributed by atoms with Crippen LogP contribution in [0.1, 0.15) is 71.9 Å². The van der Waals surface area contributed by atoms with Crippen LogP contribution in [0, 0.1) is 9.49 Å². The maximum Gasteiger partial charge on any atom is 0.258 e. The standard InChI is InChI=1S/C32H49INO5Si/c1-9-13-34(8)14-12-31-27-23-17-26(34)32(31,35)11-10-22(30-36-15-16-37-30)29(31)38-28(27)25(18-24(23)33)39-40(19(2)3,20(4)5)21(6)7/h9,18-22,26,29-30,35H,1,10-17H2,2-8H3/q+1/t22?,26-,29+,31+,32?,34?/m1/s1. The number of likely N-dealkylation sites (tertiary alicyclic amines) is 1. The molecule has 1 N–H and O–H groups in total. The number of quaternary nitrogens is 1. The number of ether oxygens (including phenoxy) is 3. The van der Waals surface area contributed by atoms with E-state index in [1.807, 2.05) is 6.08 Å². The minimum absolute atomic E-state index is 0.0749. The molecule has 40 heavy (non-hydrogen) atoms. The zero-order chi connectivity index (χ0) is 28.8. The van der Waals surface area contributed by atoms with Gasteiger partial charge in [-0.05, 0) is 69.8 Å². The molecule has 3 aliphatic heterocycles. The minimum Gasteiger partial charge on any atom is -0.540 e. The molecular weight excluding hydrogens is 633 g/mol. The molecule has 2 bridgehead atoms. The molecule has 0 radical (unpaired) electrons. The van der Waals surface area contributed by atoms with Crippen molar-refractivity contribution in [3.8, 4) is 11.5 Å². The summed E-state index contributed by atoms with van der Waals surface area (Å²) >= 11 is 2.53. The summed E-state index contributed by atoms with van der Waals surface area (Å²) in [6, 6.07) is 2.35. The Kier molecular flexibility index (Phi) is 7.31. The first kappa shape index (κ1) is 29.4. The van der Waals surface area contributed by atoms with Crippen molar-refractivity contribution >= 4 is 30.9 Å². The van der Waals surface area contributed by atoms with Gasteiger partial charge in [0.1, 0.15) is 23.5 Å². The second-order valence-corrected chi connectivity index (χ2v) is 20.9. The Morgan fingerprint density at radius 3 is 2.40 bits per heavy atom. The van der Waals surface area contributed by atoms with E-state index in [1.54, 1.807) is 0 Å². The average molecular weight is 683 g/mol. The first-order valence-electron chi connectivity index (χ1n) is 15.5. The average Bonchev–Trinajstić information content (AvgIpc) is 3.52. The van der Waals surface area contributed by atoms with Crippen molar-refractivity contribution in [1.29, 1.82) is 0 Å². The van der Waals surface area contributed by atoms with E-state index in [0.717, 1.165) is 54.8 Å². The fourth-order valence-corrected chi connectivity index (χ4v) is 16.2. The second kappa shape index (κ2) is 9.94. The Balaban J connectivity index is 1.57. The molecule has 0 aromatic heterocycles. The predicted molar refractivity (Wildman–Crippen MR) is 169 cm³/mol. The van der Waals surface area contributed by atoms with Crippen molar-refractivity contribution in [1.82, 2.24) is 0 Å². The summed E-state index contributed by atoms with van der Waals surface area (Å²) in [5, 5.41) is 13.1. The van der Waals surface area contributed by atoms with Crippen LogP contribution in [0.2, 0.25) is 16.6 Å². The van der Waals surface area contributed by atoms with E-state index in [1.165, 1.54) is 14.7 Å². The van der Waals surface area contributed by atoms with Gasteiger partial charge in [0.05, 0.1) is 38.8 Å². The molecule has 6 atom stereocenters. The van der Waals surface area contributed by atoms with Gasteiger partial charge >= 0.3 is 0 Å². The monoisotopic (exact) mass is 682 g/mol. The highest BCUT2D eigenvalue weighted by Gasteiger charge is 2.77. The number of likely N-dealkylation sites (N-methyl/N-ethyl adjacent to an activating group) is 1. The SMILES string of the molecule is C=CC[N+]1(C)CC[C@]23c4c5c(I)cc(O[Si](C(C)C)(C(C)C)C(C)C)c4O[C@H]2C(C2OCCO2)CCC3(O)[C@H]1C5. The van der Waals surface area contributed by atoms with Gasteiger partial charge in [-0.15, -0.1) is 0 Å². The first-order chi connectivity index (χ1) is 18.9. The summed E-state index contributed by atoms with van der Waals surface area (Å²) in [5.74, 6) is 1.88. The molecule has 1 aromatic rings. The number of nitrogens with zero attached hydrogens (tertiary/aromatic N) is 1. The number of aliphatic hydroxyl groups is 1. The van der Waals surface area contributed by atoms with Gasteiger partial charge in [-0.1, -0.05) is 48.1 Å². The molecule has 3 fully saturated rings. The minimum atomic E-state index is -2.24. The Morgan fingerprint density at radius 1 is 1.15 bits per heavy atom. The summed E-state index contributed by atoms with van der Waals surface area (Å²) in [7, 11) is 0.0830. The molecule has 0 amide bonds. The lowest BCUT2D eigenvalue weighted by molar-refractivity contribution is -0.944. The molecule has 3 unspecified atom stereocenters. The fourth-order valence-electron chi connectivity index (χ4n) is 10.2. The van der Waals surface area contributed by atoms with Crippen molar-refractivity contribution in [2.45, 2.75) is 113 Å². The van der Waals surface area contributed by atoms with Gasteiger partial charge in [-0.3, -0.25) is 0 Å². The van der Waals surface area contributed by atoms with E-state index in [9.17, 15) is 5.11 Å². The van der Waals surface area contributed by atoms with Crippen LogP contribution in [0.4, 0.5) is 0 Å². The van der Waals surface area contributed by atoms with Crippen LogP contribution < -0.4 is 9.16 Å². The quantitative estimate of drug-likeness (QED) is 0.151. The van der Waals surface area contributed by atoms with Crippen molar-refractivity contribution in [2.75, 3.05) is 33.4 Å². The largest absolute Gasteiger partial charge is 0.540 e. The summed E-state index contributed by atoms with van der Waals surface area (Å²) in [6.07, 6.45) is 4.85. The maximum absolute atomic E-state index is 13.1. The topological polar surface area (TPSA) is 57.2 Å². The highest BCUT2D eigenvalue weighted by Crippen LogP contribution is 2.68. The summed E-state index contributed by atoms with van der Waals surface area (Å²) in [6.45, 7) is 21.2. The molecule has 5 aliphatic rings. The van der Waals surface area contributed by atoms with Crippen LogP contribution in [0.15, 0.2) is 18.7 Å². The third-order valence-corrected chi connectivity index (χ3v) is 18.7. The second-order valence-electron chi connectivity index (χ2n) is 14.3. The van der Waals surface area contributed by atoms with Crippen molar-refractivity contribution in [2.24, 2.45) is 5.92 Å². The lowest BCUT2D eigenvalue weighted by atomic mass is 9.47. The van der Waals surface area contributed by atoms with E-state index in [-0.39, 0.29) is 24.4 Å². The fraction of sp³-hybridized carbons (Fsp3) is 0.750. The third-order valence-electron chi connectivity index (χ3n) is 11.8. The first-order valence-corrected chi connectivity index (χ1v) is 18.7. The van der Waals surface area contributed by atoms with Gasteiger partial charge in [0.15, 0.2) is 12.0 Å². The van der Waals surface area contributed by atoms with E-state index < -0.39 is 19.3 Å². The summed E-state index contributed by atoms with van der Waals surface area (Å²) < 4.78 is 28.9. The Hall–Kier alpha value is -0.653. The van der Waals surface area contributed by atoms with E-state index in [0.29, 0.717) is 29.8 Å². The Bertz CT molecular complexity index is 1160. The molecule has 8 heteroatoms. The molecule has 2 saturated heterocycles. The van der Waals surface area contributed by atoms with E-state index in [4.69, 9.17) is 18.6 Å². The Labute approximate surface area is 255 Å². The number of halogens is 1. The van der Waals surface area contributed by atoms with Gasteiger partial charge in [0.2, 0.25) is 0 Å². The van der Waals surface area contributed by atoms with Crippen molar-refractivity contribution in [3.63, 3.8) is 0 Å². The maximum atomic E-state index is 13.1. The predicted octanol–water partition coefficient (Wildman–Crippen LogP) is 6.32. The van der Waals surface area contributed by atoms with Crippen LogP contribution in [-0.4, -0.2) is 75.3 Å². The number of benzene rings is 1. The molecule has 1 aromatic carbocycles. The van der Waals surface area contributed by atoms with Gasteiger partial charge in [-0.2, -0.15) is 0 Å². The number of hydrogen-bond acceptors (Lipinski definition) is 5. The summed E-state index contributed by atoms with van der Waals surface area (Å²) in [4.78, 5) is 0. The zero-order valence-corrected chi connectivity index (χ0v) is 28.6. The molecule has 3 heterocycles. The molecule has 222 valence electrons. The highest BCUT2D eigenvalue weighted by atomic mass is 127. The zero-order valence-electron chi connectivity index (χ0n) is 25.5. The summed E-state index contributed by atoms with van der Waals surface area (Å²) in [5.41, 5.74) is 2.60. The lowest BCUT2D eigenvalue weighted by Crippen LogP contribution is -2.81. The molecule has 1 saturated carbocycles. The lowest BCUT2D eigenvalue weighted by Gasteiger charge is -2.65. The normalized spacial score (nSPS) is 36.8. The van der Waals surface area contributed by atoms with Gasteiger partial charge < -0.3 is 28.2 Å². The number of hydrogen-bond donors (Lipinski definition) is 1. The van der Waals surface area contributed by atoms with Crippen LogP contribution >= 0.6 is 22.6 Å². The molecule has 6 nitrogen and oxygen atoms in total. The van der Waals surface area contributed by atoms with Gasteiger partial charge in [0.25, 0.3) is 8.32 Å². The van der Waals surface area contributed by atoms with Crippen LogP contribution in [-0.2, 0) is 21.3 Å². The smallest absolute Gasteiger partial charge is 0.258 e. The van der Waals surface area contributed by atoms with E-state index >= 15 is 0 Å². The third kappa shape index (κ3) is 3.71. The van der Waals surface area contributed by atoms with Gasteiger partial charge in [0, 0.05) is 27.9 Å². The molecule has 2 aliphatic carbocycles. The van der Waals surface area contributed by atoms with Crippen molar-refractivity contribution < 1.29 is 28.2 Å². The Morgan fingerprint density at radius 2 is 1.80 bits per heavy atom. The molecule has 1 spiro atoms. The highest BCUT2D eigenvalue weighted by molar-refractivity contribution is 14.1. The van der Waals surface area contributed by atoms with Gasteiger partial charge in [-0.25, -0.2) is 0 Å². The van der Waals surface area contributed by atoms with Crippen LogP contribution in [0.5, 0.6) is 11.5 Å². The number of piperidine rings is 1. The van der Waals surface area contributed by atoms with Crippen LogP contribution in [0.25, 0.3) is 0 Å². The van der Waals surface area contributed by atoms with E-state index in [2.05, 4.69) is 83.8 Å². The molecule has 6 rings (SSSR count).